The van der Waals surface area contributed by atoms with E-state index in [9.17, 15) is 4.79 Å². The Morgan fingerprint density at radius 3 is 2.50 bits per heavy atom. The second kappa shape index (κ2) is 9.04. The van der Waals surface area contributed by atoms with Crippen LogP contribution in [0.5, 0.6) is 0 Å². The maximum Gasteiger partial charge on any atom is 0.219 e. The number of unbranched alkanes of at least 4 members (excludes halogenated alkanes) is 2. The largest absolute Gasteiger partial charge is 0.359 e. The van der Waals surface area contributed by atoms with Gasteiger partial charge in [-0.05, 0) is 12.3 Å². The van der Waals surface area contributed by atoms with E-state index in [-0.39, 0.29) is 5.91 Å². The Labute approximate surface area is 88.5 Å². The van der Waals surface area contributed by atoms with Crippen LogP contribution in [-0.4, -0.2) is 13.0 Å². The number of hydrogen-bond acceptors (Lipinski definition) is 1. The molecule has 0 spiro atoms. The van der Waals surface area contributed by atoms with E-state index >= 15 is 0 Å². The number of rotatable bonds is 8. The van der Waals surface area contributed by atoms with Gasteiger partial charge >= 0.3 is 0 Å². The fourth-order valence-corrected chi connectivity index (χ4v) is 1.72. The Morgan fingerprint density at radius 2 is 1.93 bits per heavy atom. The molecule has 0 aliphatic carbocycles. The molecule has 0 aromatic rings. The van der Waals surface area contributed by atoms with Gasteiger partial charge in [0, 0.05) is 13.5 Å². The molecular weight excluding hydrogens is 174 g/mol. The molecule has 0 radical (unpaired) electrons. The molecule has 0 fully saturated rings. The quantitative estimate of drug-likeness (QED) is 0.598. The molecule has 0 aromatic heterocycles. The Bertz CT molecular complexity index is 145. The van der Waals surface area contributed by atoms with Crippen molar-refractivity contribution in [1.29, 1.82) is 0 Å². The molecule has 0 heterocycles. The molecule has 0 saturated carbocycles. The highest BCUT2D eigenvalue weighted by Gasteiger charge is 2.01. The van der Waals surface area contributed by atoms with E-state index in [1.54, 1.807) is 7.05 Å². The van der Waals surface area contributed by atoms with Gasteiger partial charge < -0.3 is 5.32 Å². The maximum absolute atomic E-state index is 10.9. The van der Waals surface area contributed by atoms with Gasteiger partial charge in [0.15, 0.2) is 0 Å². The van der Waals surface area contributed by atoms with Gasteiger partial charge in [-0.2, -0.15) is 0 Å². The van der Waals surface area contributed by atoms with Crippen molar-refractivity contribution in [3.8, 4) is 0 Å². The minimum atomic E-state index is 0.173. The van der Waals surface area contributed by atoms with Gasteiger partial charge in [0.1, 0.15) is 0 Å². The Kier molecular flexibility index (Phi) is 8.70. The van der Waals surface area contributed by atoms with E-state index < -0.39 is 0 Å². The molecule has 1 unspecified atom stereocenters. The van der Waals surface area contributed by atoms with Crippen LogP contribution in [0.25, 0.3) is 0 Å². The van der Waals surface area contributed by atoms with Gasteiger partial charge in [0.25, 0.3) is 0 Å². The fraction of sp³-hybridized carbons (Fsp3) is 0.917. The number of carbonyl (C=O) groups is 1. The summed E-state index contributed by atoms with van der Waals surface area (Å²) in [5.74, 6) is 1.03. The lowest BCUT2D eigenvalue weighted by atomic mass is 9.98. The van der Waals surface area contributed by atoms with Crippen molar-refractivity contribution in [2.45, 2.75) is 58.8 Å². The van der Waals surface area contributed by atoms with Crippen molar-refractivity contribution >= 4 is 5.91 Å². The summed E-state index contributed by atoms with van der Waals surface area (Å²) in [5, 5.41) is 2.65. The lowest BCUT2D eigenvalue weighted by Crippen LogP contribution is -2.16. The van der Waals surface area contributed by atoms with E-state index in [4.69, 9.17) is 0 Å². The topological polar surface area (TPSA) is 29.1 Å². The SMILES string of the molecule is CCCC(C)CCCCCC(=O)NC. The van der Waals surface area contributed by atoms with E-state index in [0.29, 0.717) is 6.42 Å². The minimum absolute atomic E-state index is 0.173. The number of amides is 1. The first-order valence-corrected chi connectivity index (χ1v) is 5.91. The number of nitrogens with one attached hydrogen (secondary N) is 1. The van der Waals surface area contributed by atoms with Crippen LogP contribution in [0, 0.1) is 5.92 Å². The number of carbonyl (C=O) groups excluding carboxylic acids is 1. The van der Waals surface area contributed by atoms with Gasteiger partial charge in [-0.25, -0.2) is 0 Å². The third-order valence-corrected chi connectivity index (χ3v) is 2.66. The van der Waals surface area contributed by atoms with Crippen LogP contribution in [-0.2, 0) is 4.79 Å². The molecule has 2 nitrogen and oxygen atoms in total. The Hall–Kier alpha value is -0.530. The summed E-state index contributed by atoms with van der Waals surface area (Å²) in [5.41, 5.74) is 0. The molecule has 0 rings (SSSR count). The standard InChI is InChI=1S/C12H25NO/c1-4-8-11(2)9-6-5-7-10-12(14)13-3/h11H,4-10H2,1-3H3,(H,13,14). The van der Waals surface area contributed by atoms with E-state index in [0.717, 1.165) is 12.3 Å². The highest BCUT2D eigenvalue weighted by Crippen LogP contribution is 2.14. The molecule has 0 aromatic carbocycles. The third-order valence-electron chi connectivity index (χ3n) is 2.66. The first kappa shape index (κ1) is 13.5. The molecule has 2 heteroatoms. The lowest BCUT2D eigenvalue weighted by Gasteiger charge is -2.08. The molecule has 0 bridgehead atoms. The van der Waals surface area contributed by atoms with Crippen molar-refractivity contribution in [2.75, 3.05) is 7.05 Å². The predicted octanol–water partition coefficient (Wildman–Crippen LogP) is 3.12. The van der Waals surface area contributed by atoms with Crippen molar-refractivity contribution in [3.05, 3.63) is 0 Å². The molecule has 0 saturated heterocycles. The first-order chi connectivity index (χ1) is 6.70. The van der Waals surface area contributed by atoms with Crippen LogP contribution in [0.3, 0.4) is 0 Å². The zero-order valence-electron chi connectivity index (χ0n) is 9.94. The third kappa shape index (κ3) is 8.09. The average Bonchev–Trinajstić information content (AvgIpc) is 2.17. The van der Waals surface area contributed by atoms with Crippen LogP contribution in [0.4, 0.5) is 0 Å². The highest BCUT2D eigenvalue weighted by atomic mass is 16.1. The van der Waals surface area contributed by atoms with Crippen molar-refractivity contribution in [3.63, 3.8) is 0 Å². The minimum Gasteiger partial charge on any atom is -0.359 e. The van der Waals surface area contributed by atoms with Gasteiger partial charge in [0.05, 0.1) is 0 Å². The molecule has 1 amide bonds. The van der Waals surface area contributed by atoms with Crippen LogP contribution in [0.2, 0.25) is 0 Å². The van der Waals surface area contributed by atoms with E-state index in [1.807, 2.05) is 0 Å². The van der Waals surface area contributed by atoms with Gasteiger partial charge in [-0.1, -0.05) is 46.0 Å². The summed E-state index contributed by atoms with van der Waals surface area (Å²) in [6, 6.07) is 0. The normalized spacial score (nSPS) is 12.5. The second-order valence-corrected chi connectivity index (χ2v) is 4.17. The molecule has 1 N–H and O–H groups in total. The summed E-state index contributed by atoms with van der Waals surface area (Å²) in [6.45, 7) is 4.56. The lowest BCUT2D eigenvalue weighted by molar-refractivity contribution is -0.120. The average molecular weight is 199 g/mol. The molecule has 1 atom stereocenters. The van der Waals surface area contributed by atoms with E-state index in [1.165, 1.54) is 32.1 Å². The molecule has 84 valence electrons. The Balaban J connectivity index is 3.17. The highest BCUT2D eigenvalue weighted by molar-refractivity contribution is 5.75. The van der Waals surface area contributed by atoms with Crippen LogP contribution in [0.15, 0.2) is 0 Å². The zero-order valence-corrected chi connectivity index (χ0v) is 9.94. The first-order valence-electron chi connectivity index (χ1n) is 5.91. The summed E-state index contributed by atoms with van der Waals surface area (Å²) in [7, 11) is 1.70. The summed E-state index contributed by atoms with van der Waals surface area (Å²) < 4.78 is 0. The van der Waals surface area contributed by atoms with E-state index in [2.05, 4.69) is 19.2 Å². The summed E-state index contributed by atoms with van der Waals surface area (Å²) in [4.78, 5) is 10.9. The van der Waals surface area contributed by atoms with Gasteiger partial charge in [0.2, 0.25) is 5.91 Å². The molecule has 14 heavy (non-hydrogen) atoms. The molecule has 0 aliphatic rings. The van der Waals surface area contributed by atoms with Crippen LogP contribution < -0.4 is 5.32 Å². The fourth-order valence-electron chi connectivity index (χ4n) is 1.72. The Morgan fingerprint density at radius 1 is 1.21 bits per heavy atom. The predicted molar refractivity (Wildman–Crippen MR) is 61.2 cm³/mol. The van der Waals surface area contributed by atoms with Crippen molar-refractivity contribution < 1.29 is 4.79 Å². The summed E-state index contributed by atoms with van der Waals surface area (Å²) in [6.07, 6.45) is 8.16. The zero-order chi connectivity index (χ0) is 10.8. The maximum atomic E-state index is 10.9. The van der Waals surface area contributed by atoms with Gasteiger partial charge in [-0.3, -0.25) is 4.79 Å². The smallest absolute Gasteiger partial charge is 0.219 e. The number of hydrogen-bond donors (Lipinski definition) is 1. The summed E-state index contributed by atoms with van der Waals surface area (Å²) >= 11 is 0. The van der Waals surface area contributed by atoms with Crippen LogP contribution in [0.1, 0.15) is 58.8 Å². The van der Waals surface area contributed by atoms with Crippen LogP contribution >= 0.6 is 0 Å². The van der Waals surface area contributed by atoms with Crippen molar-refractivity contribution in [1.82, 2.24) is 5.32 Å². The second-order valence-electron chi connectivity index (χ2n) is 4.17. The van der Waals surface area contributed by atoms with Gasteiger partial charge in [-0.15, -0.1) is 0 Å². The molecular formula is C12H25NO. The molecule has 0 aliphatic heterocycles. The monoisotopic (exact) mass is 199 g/mol. The van der Waals surface area contributed by atoms with Crippen molar-refractivity contribution in [2.24, 2.45) is 5.92 Å².